The first-order valence-electron chi connectivity index (χ1n) is 11.2. The first-order valence-corrected chi connectivity index (χ1v) is 13.4. The summed E-state index contributed by atoms with van der Waals surface area (Å²) in [6.45, 7) is 2.95. The molecule has 7 nitrogen and oxygen atoms in total. The van der Waals surface area contributed by atoms with Crippen molar-refractivity contribution in [1.29, 1.82) is 0 Å². The molecule has 1 amide bonds. The third-order valence-corrected chi connectivity index (χ3v) is 9.45. The molecule has 3 aromatic rings. The van der Waals surface area contributed by atoms with Crippen molar-refractivity contribution >= 4 is 42.6 Å². The minimum Gasteiger partial charge on any atom is -0.345 e. The van der Waals surface area contributed by atoms with Gasteiger partial charge in [0.25, 0.3) is 0 Å². The number of amides is 1. The summed E-state index contributed by atoms with van der Waals surface area (Å²) in [5, 5.41) is 0.826. The highest BCUT2D eigenvalue weighted by molar-refractivity contribution is 7.89. The minimum absolute atomic E-state index is 0.0600. The molecule has 11 heteroatoms. The van der Waals surface area contributed by atoms with Crippen LogP contribution in [0.3, 0.4) is 0 Å². The number of rotatable bonds is 4. The number of fused-ring (bicyclic) bond motifs is 1. The fourth-order valence-electron chi connectivity index (χ4n) is 4.50. The fourth-order valence-corrected chi connectivity index (χ4v) is 7.01. The first-order chi connectivity index (χ1) is 16.3. The van der Waals surface area contributed by atoms with Gasteiger partial charge in [-0.1, -0.05) is 11.3 Å². The van der Waals surface area contributed by atoms with Crippen LogP contribution in [0.15, 0.2) is 47.4 Å². The quantitative estimate of drug-likeness (QED) is 0.543. The second-order valence-corrected chi connectivity index (χ2v) is 11.5. The molecular formula is C23H24F2N4O3S2. The predicted molar refractivity (Wildman–Crippen MR) is 126 cm³/mol. The molecule has 3 heterocycles. The van der Waals surface area contributed by atoms with Gasteiger partial charge in [-0.05, 0) is 55.3 Å². The topological polar surface area (TPSA) is 73.8 Å². The van der Waals surface area contributed by atoms with Gasteiger partial charge < -0.3 is 9.80 Å². The molecule has 0 atom stereocenters. The van der Waals surface area contributed by atoms with Crippen LogP contribution in [-0.2, 0) is 14.8 Å². The van der Waals surface area contributed by atoms with Crippen molar-refractivity contribution in [2.45, 2.75) is 17.7 Å². The van der Waals surface area contributed by atoms with Crippen LogP contribution in [0, 0.1) is 17.6 Å². The fraction of sp³-hybridized carbons (Fsp3) is 0.391. The lowest BCUT2D eigenvalue weighted by Gasteiger charge is -2.38. The first kappa shape index (κ1) is 23.1. The van der Waals surface area contributed by atoms with E-state index in [0.717, 1.165) is 27.5 Å². The Kier molecular flexibility index (Phi) is 6.26. The van der Waals surface area contributed by atoms with E-state index in [4.69, 9.17) is 0 Å². The standard InChI is InChI=1S/C23H24F2N4O3S2/c24-17-1-4-19(5-2-17)34(31,32)29-9-7-16(8-10-29)22(30)27-11-13-28(14-12-27)23-26-20-6-3-18(25)15-21(20)33-23/h1-6,15-16H,7-14H2. The molecule has 34 heavy (non-hydrogen) atoms. The van der Waals surface area contributed by atoms with E-state index in [1.165, 1.54) is 39.9 Å². The molecule has 2 aromatic carbocycles. The third kappa shape index (κ3) is 4.51. The Morgan fingerprint density at radius 1 is 0.912 bits per heavy atom. The number of hydrogen-bond acceptors (Lipinski definition) is 6. The van der Waals surface area contributed by atoms with Gasteiger partial charge in [-0.15, -0.1) is 0 Å². The van der Waals surface area contributed by atoms with Crippen LogP contribution >= 0.6 is 11.3 Å². The summed E-state index contributed by atoms with van der Waals surface area (Å²) >= 11 is 1.45. The van der Waals surface area contributed by atoms with Gasteiger partial charge in [0.2, 0.25) is 15.9 Å². The molecule has 0 bridgehead atoms. The molecule has 0 N–H and O–H groups in total. The average molecular weight is 507 g/mol. The van der Waals surface area contributed by atoms with Gasteiger partial charge in [0, 0.05) is 45.2 Å². The predicted octanol–water partition coefficient (Wildman–Crippen LogP) is 3.32. The van der Waals surface area contributed by atoms with Crippen LogP contribution in [0.25, 0.3) is 10.2 Å². The van der Waals surface area contributed by atoms with E-state index in [1.54, 1.807) is 6.07 Å². The maximum Gasteiger partial charge on any atom is 0.243 e. The molecule has 0 radical (unpaired) electrons. The maximum atomic E-state index is 13.5. The molecule has 0 unspecified atom stereocenters. The van der Waals surface area contributed by atoms with E-state index in [9.17, 15) is 22.0 Å². The van der Waals surface area contributed by atoms with Gasteiger partial charge in [-0.3, -0.25) is 4.79 Å². The number of halogens is 2. The number of anilines is 1. The lowest BCUT2D eigenvalue weighted by Crippen LogP contribution is -2.52. The number of hydrogen-bond donors (Lipinski definition) is 0. The summed E-state index contributed by atoms with van der Waals surface area (Å²) in [5.74, 6) is -0.920. The molecule has 0 spiro atoms. The van der Waals surface area contributed by atoms with E-state index in [2.05, 4.69) is 9.88 Å². The van der Waals surface area contributed by atoms with Gasteiger partial charge in [-0.25, -0.2) is 22.2 Å². The highest BCUT2D eigenvalue weighted by Gasteiger charge is 2.35. The maximum absolute atomic E-state index is 13.5. The van der Waals surface area contributed by atoms with Crippen LogP contribution in [0.5, 0.6) is 0 Å². The molecule has 0 aliphatic carbocycles. The van der Waals surface area contributed by atoms with Gasteiger partial charge in [0.15, 0.2) is 5.13 Å². The molecular weight excluding hydrogens is 482 g/mol. The zero-order valence-corrected chi connectivity index (χ0v) is 20.0. The second-order valence-electron chi connectivity index (χ2n) is 8.55. The van der Waals surface area contributed by atoms with E-state index >= 15 is 0 Å². The highest BCUT2D eigenvalue weighted by Crippen LogP contribution is 2.31. The lowest BCUT2D eigenvalue weighted by atomic mass is 9.96. The molecule has 0 saturated carbocycles. The van der Waals surface area contributed by atoms with Crippen molar-refractivity contribution in [3.63, 3.8) is 0 Å². The number of aromatic nitrogens is 1. The Morgan fingerprint density at radius 2 is 1.56 bits per heavy atom. The Morgan fingerprint density at radius 3 is 2.24 bits per heavy atom. The Hall–Kier alpha value is -2.63. The Labute approximate surface area is 200 Å². The Balaban J connectivity index is 1.16. The van der Waals surface area contributed by atoms with Crippen molar-refractivity contribution in [1.82, 2.24) is 14.2 Å². The normalized spacial score (nSPS) is 18.5. The summed E-state index contributed by atoms with van der Waals surface area (Å²) in [7, 11) is -3.70. The molecule has 1 aromatic heterocycles. The van der Waals surface area contributed by atoms with Gasteiger partial charge in [0.1, 0.15) is 11.6 Å². The van der Waals surface area contributed by atoms with E-state index in [0.29, 0.717) is 39.0 Å². The van der Waals surface area contributed by atoms with Crippen LogP contribution in [-0.4, -0.2) is 67.8 Å². The number of piperazine rings is 1. The number of carbonyl (C=O) groups excluding carboxylic acids is 1. The van der Waals surface area contributed by atoms with Gasteiger partial charge in [-0.2, -0.15) is 4.31 Å². The highest BCUT2D eigenvalue weighted by atomic mass is 32.2. The number of thiazole rings is 1. The van der Waals surface area contributed by atoms with Crippen molar-refractivity contribution in [2.24, 2.45) is 5.92 Å². The van der Waals surface area contributed by atoms with Crippen LogP contribution in [0.1, 0.15) is 12.8 Å². The summed E-state index contributed by atoms with van der Waals surface area (Å²) < 4.78 is 54.4. The number of nitrogens with zero attached hydrogens (tertiary/aromatic N) is 4. The molecule has 180 valence electrons. The van der Waals surface area contributed by atoms with Crippen LogP contribution in [0.4, 0.5) is 13.9 Å². The molecule has 2 aliphatic heterocycles. The number of sulfonamides is 1. The van der Waals surface area contributed by atoms with Gasteiger partial charge >= 0.3 is 0 Å². The van der Waals surface area contributed by atoms with Crippen LogP contribution < -0.4 is 4.90 Å². The monoisotopic (exact) mass is 506 g/mol. The van der Waals surface area contributed by atoms with Crippen molar-refractivity contribution in [3.05, 3.63) is 54.1 Å². The van der Waals surface area contributed by atoms with Gasteiger partial charge in [0.05, 0.1) is 15.1 Å². The molecule has 2 saturated heterocycles. The van der Waals surface area contributed by atoms with E-state index in [1.807, 2.05) is 4.90 Å². The third-order valence-electron chi connectivity index (χ3n) is 6.46. The van der Waals surface area contributed by atoms with Crippen molar-refractivity contribution in [2.75, 3.05) is 44.2 Å². The lowest BCUT2D eigenvalue weighted by molar-refractivity contribution is -0.137. The number of piperidine rings is 1. The molecule has 2 aliphatic rings. The van der Waals surface area contributed by atoms with Crippen molar-refractivity contribution in [3.8, 4) is 0 Å². The van der Waals surface area contributed by atoms with Crippen LogP contribution in [0.2, 0.25) is 0 Å². The zero-order chi connectivity index (χ0) is 23.9. The largest absolute Gasteiger partial charge is 0.345 e. The summed E-state index contributed by atoms with van der Waals surface area (Å²) in [6, 6.07) is 9.36. The minimum atomic E-state index is -3.70. The zero-order valence-electron chi connectivity index (χ0n) is 18.4. The van der Waals surface area contributed by atoms with Crippen molar-refractivity contribution < 1.29 is 22.0 Å². The number of carbonyl (C=O) groups is 1. The smallest absolute Gasteiger partial charge is 0.243 e. The summed E-state index contributed by atoms with van der Waals surface area (Å²) in [5.41, 5.74) is 0.766. The van der Waals surface area contributed by atoms with E-state index in [-0.39, 0.29) is 35.6 Å². The summed E-state index contributed by atoms with van der Waals surface area (Å²) in [4.78, 5) is 21.7. The SMILES string of the molecule is O=C(C1CCN(S(=O)(=O)c2ccc(F)cc2)CC1)N1CCN(c2nc3ccc(F)cc3s2)CC1. The summed E-state index contributed by atoms with van der Waals surface area (Å²) in [6.07, 6.45) is 0.922. The van der Waals surface area contributed by atoms with E-state index < -0.39 is 15.8 Å². The second kappa shape index (κ2) is 9.20. The average Bonchev–Trinajstić information content (AvgIpc) is 3.27. The molecule has 5 rings (SSSR count). The molecule has 2 fully saturated rings. The number of benzene rings is 2. The Bertz CT molecular complexity index is 1300.